The van der Waals surface area contributed by atoms with E-state index in [1.807, 2.05) is 18.2 Å². The second-order valence-corrected chi connectivity index (χ2v) is 7.90. The SMILES string of the molecule is COc1cc(Br)c(/C=C2\SC(=NC3CCCCC3)NC2=O)cc1OC. The van der Waals surface area contributed by atoms with Crippen LogP contribution >= 0.6 is 27.7 Å². The lowest BCUT2D eigenvalue weighted by molar-refractivity contribution is -0.115. The second-order valence-electron chi connectivity index (χ2n) is 6.02. The number of benzene rings is 1. The number of aliphatic imine (C=N–C) groups is 1. The fourth-order valence-corrected chi connectivity index (χ4v) is 4.31. The molecule has 0 aromatic heterocycles. The number of rotatable bonds is 4. The molecule has 1 heterocycles. The van der Waals surface area contributed by atoms with E-state index in [0.29, 0.717) is 27.6 Å². The van der Waals surface area contributed by atoms with Crippen LogP contribution in [0.1, 0.15) is 37.7 Å². The Kier molecular flexibility index (Phi) is 6.06. The van der Waals surface area contributed by atoms with Crippen LogP contribution in [0.15, 0.2) is 26.5 Å². The van der Waals surface area contributed by atoms with Crippen LogP contribution in [-0.2, 0) is 4.79 Å². The van der Waals surface area contributed by atoms with Crippen molar-refractivity contribution in [2.75, 3.05) is 14.2 Å². The van der Waals surface area contributed by atoms with E-state index in [2.05, 4.69) is 21.2 Å². The number of ether oxygens (including phenoxy) is 2. The van der Waals surface area contributed by atoms with Crippen molar-refractivity contribution in [1.29, 1.82) is 0 Å². The molecule has 0 radical (unpaired) electrons. The van der Waals surface area contributed by atoms with Gasteiger partial charge in [-0.3, -0.25) is 9.79 Å². The second kappa shape index (κ2) is 8.27. The zero-order valence-electron chi connectivity index (χ0n) is 14.3. The van der Waals surface area contributed by atoms with Crippen molar-refractivity contribution in [3.8, 4) is 11.5 Å². The van der Waals surface area contributed by atoms with Gasteiger partial charge in [-0.05, 0) is 48.4 Å². The number of nitrogens with zero attached hydrogens (tertiary/aromatic N) is 1. The van der Waals surface area contributed by atoms with Crippen molar-refractivity contribution in [3.63, 3.8) is 0 Å². The number of amidine groups is 1. The summed E-state index contributed by atoms with van der Waals surface area (Å²) in [7, 11) is 3.19. The van der Waals surface area contributed by atoms with Gasteiger partial charge in [0.1, 0.15) is 0 Å². The fourth-order valence-electron chi connectivity index (χ4n) is 2.99. The highest BCUT2D eigenvalue weighted by Gasteiger charge is 2.25. The van der Waals surface area contributed by atoms with Crippen LogP contribution in [0.3, 0.4) is 0 Å². The number of hydrogen-bond donors (Lipinski definition) is 1. The van der Waals surface area contributed by atoms with Gasteiger partial charge in [0.15, 0.2) is 16.7 Å². The molecule has 1 aliphatic carbocycles. The molecule has 3 rings (SSSR count). The van der Waals surface area contributed by atoms with Gasteiger partial charge in [0.05, 0.1) is 25.2 Å². The Morgan fingerprint density at radius 2 is 1.88 bits per heavy atom. The summed E-state index contributed by atoms with van der Waals surface area (Å²) in [6.45, 7) is 0. The smallest absolute Gasteiger partial charge is 0.264 e. The highest BCUT2D eigenvalue weighted by Crippen LogP contribution is 2.36. The number of hydrogen-bond acceptors (Lipinski definition) is 5. The number of nitrogens with one attached hydrogen (secondary N) is 1. The van der Waals surface area contributed by atoms with Crippen LogP contribution in [0.25, 0.3) is 6.08 Å². The third kappa shape index (κ3) is 4.39. The first-order valence-corrected chi connectivity index (χ1v) is 9.92. The van der Waals surface area contributed by atoms with E-state index in [9.17, 15) is 4.79 Å². The largest absolute Gasteiger partial charge is 0.493 e. The maximum Gasteiger partial charge on any atom is 0.264 e. The summed E-state index contributed by atoms with van der Waals surface area (Å²) >= 11 is 4.92. The van der Waals surface area contributed by atoms with Gasteiger partial charge in [-0.2, -0.15) is 0 Å². The van der Waals surface area contributed by atoms with Gasteiger partial charge in [0, 0.05) is 4.47 Å². The van der Waals surface area contributed by atoms with E-state index in [-0.39, 0.29) is 5.91 Å². The summed E-state index contributed by atoms with van der Waals surface area (Å²) in [5.74, 6) is 1.15. The molecule has 1 saturated carbocycles. The van der Waals surface area contributed by atoms with Crippen molar-refractivity contribution in [3.05, 3.63) is 27.1 Å². The molecule has 2 fully saturated rings. The molecule has 1 amide bonds. The van der Waals surface area contributed by atoms with Gasteiger partial charge in [-0.15, -0.1) is 0 Å². The minimum Gasteiger partial charge on any atom is -0.493 e. The van der Waals surface area contributed by atoms with Gasteiger partial charge < -0.3 is 14.8 Å². The Morgan fingerprint density at radius 3 is 2.56 bits per heavy atom. The highest BCUT2D eigenvalue weighted by molar-refractivity contribution is 9.10. The summed E-state index contributed by atoms with van der Waals surface area (Å²) in [6, 6.07) is 4.02. The quantitative estimate of drug-likeness (QED) is 0.729. The first-order valence-electron chi connectivity index (χ1n) is 8.31. The van der Waals surface area contributed by atoms with Gasteiger partial charge in [-0.25, -0.2) is 0 Å². The Morgan fingerprint density at radius 1 is 1.20 bits per heavy atom. The molecule has 1 aliphatic heterocycles. The molecule has 2 aliphatic rings. The minimum absolute atomic E-state index is 0.110. The Bertz CT molecular complexity index is 727. The lowest BCUT2D eigenvalue weighted by atomic mass is 9.96. The van der Waals surface area contributed by atoms with Gasteiger partial charge in [0.2, 0.25) is 0 Å². The Labute approximate surface area is 160 Å². The summed E-state index contributed by atoms with van der Waals surface area (Å²) in [5.41, 5.74) is 0.856. The summed E-state index contributed by atoms with van der Waals surface area (Å²) < 4.78 is 11.5. The molecule has 5 nitrogen and oxygen atoms in total. The molecule has 0 spiro atoms. The average Bonchev–Trinajstić information content (AvgIpc) is 2.96. The van der Waals surface area contributed by atoms with E-state index in [0.717, 1.165) is 22.9 Å². The number of thioether (sulfide) groups is 1. The number of amides is 1. The number of carbonyl (C=O) groups is 1. The standard InChI is InChI=1S/C18H21BrN2O3S/c1-23-14-8-11(13(19)10-15(14)24-2)9-16-17(22)21-18(25-16)20-12-6-4-3-5-7-12/h8-10,12H,3-7H2,1-2H3,(H,20,21,22)/b16-9-. The highest BCUT2D eigenvalue weighted by atomic mass is 79.9. The van der Waals surface area contributed by atoms with E-state index in [1.54, 1.807) is 14.2 Å². The number of methoxy groups -OCH3 is 2. The summed E-state index contributed by atoms with van der Waals surface area (Å²) in [6.07, 6.45) is 7.80. The maximum atomic E-state index is 12.3. The van der Waals surface area contributed by atoms with E-state index >= 15 is 0 Å². The molecule has 1 aromatic rings. The lowest BCUT2D eigenvalue weighted by Crippen LogP contribution is -2.22. The molecule has 1 N–H and O–H groups in total. The number of carbonyl (C=O) groups excluding carboxylic acids is 1. The van der Waals surface area contributed by atoms with Crippen LogP contribution in [0.5, 0.6) is 11.5 Å². The summed E-state index contributed by atoms with van der Waals surface area (Å²) in [4.78, 5) is 17.6. The zero-order valence-corrected chi connectivity index (χ0v) is 16.7. The van der Waals surface area contributed by atoms with Crippen LogP contribution in [0.4, 0.5) is 0 Å². The van der Waals surface area contributed by atoms with Crippen molar-refractivity contribution >= 4 is 44.8 Å². The number of halogens is 1. The van der Waals surface area contributed by atoms with Crippen molar-refractivity contribution in [2.45, 2.75) is 38.1 Å². The van der Waals surface area contributed by atoms with Gasteiger partial charge in [-0.1, -0.05) is 35.2 Å². The molecular formula is C18H21BrN2O3S. The molecular weight excluding hydrogens is 404 g/mol. The van der Waals surface area contributed by atoms with Crippen LogP contribution < -0.4 is 14.8 Å². The predicted octanol–water partition coefficient (Wildman–Crippen LogP) is 4.36. The van der Waals surface area contributed by atoms with Crippen molar-refractivity contribution in [2.24, 2.45) is 4.99 Å². The molecule has 1 aromatic carbocycles. The molecule has 0 unspecified atom stereocenters. The Balaban J connectivity index is 1.82. The normalized spacial score (nSPS) is 21.6. The third-order valence-electron chi connectivity index (χ3n) is 4.31. The Hall–Kier alpha value is -1.47. The fraction of sp³-hybridized carbons (Fsp3) is 0.444. The average molecular weight is 425 g/mol. The third-order valence-corrected chi connectivity index (χ3v) is 5.93. The van der Waals surface area contributed by atoms with Gasteiger partial charge in [0.25, 0.3) is 5.91 Å². The molecule has 1 saturated heterocycles. The molecule has 7 heteroatoms. The molecule has 0 atom stereocenters. The first-order chi connectivity index (χ1) is 12.1. The van der Waals surface area contributed by atoms with Gasteiger partial charge >= 0.3 is 0 Å². The maximum absolute atomic E-state index is 12.3. The van der Waals surface area contributed by atoms with Crippen LogP contribution in [-0.4, -0.2) is 31.3 Å². The van der Waals surface area contributed by atoms with E-state index in [1.165, 1.54) is 31.0 Å². The minimum atomic E-state index is -0.110. The van der Waals surface area contributed by atoms with E-state index < -0.39 is 0 Å². The lowest BCUT2D eigenvalue weighted by Gasteiger charge is -2.17. The zero-order chi connectivity index (χ0) is 17.8. The monoisotopic (exact) mass is 424 g/mol. The van der Waals surface area contributed by atoms with Crippen LogP contribution in [0, 0.1) is 0 Å². The topological polar surface area (TPSA) is 59.9 Å². The van der Waals surface area contributed by atoms with Crippen LogP contribution in [0.2, 0.25) is 0 Å². The van der Waals surface area contributed by atoms with Crippen molar-refractivity contribution < 1.29 is 14.3 Å². The van der Waals surface area contributed by atoms with Crippen molar-refractivity contribution in [1.82, 2.24) is 5.32 Å². The molecule has 134 valence electrons. The first kappa shape index (κ1) is 18.3. The summed E-state index contributed by atoms with van der Waals surface area (Å²) in [5, 5.41) is 3.58. The van der Waals surface area contributed by atoms with E-state index in [4.69, 9.17) is 14.5 Å². The predicted molar refractivity (Wildman–Crippen MR) is 105 cm³/mol. The molecule has 25 heavy (non-hydrogen) atoms. The molecule has 0 bridgehead atoms.